The number of hydrogen-bond acceptors (Lipinski definition) is 2. The normalized spacial score (nSPS) is 11.3. The summed E-state index contributed by atoms with van der Waals surface area (Å²) in [6.07, 6.45) is 6.54. The minimum Gasteiger partial charge on any atom is -0.267 e. The van der Waals surface area contributed by atoms with Crippen LogP contribution in [0.1, 0.15) is 35.7 Å². The summed E-state index contributed by atoms with van der Waals surface area (Å²) in [5, 5.41) is 3.88. The van der Waals surface area contributed by atoms with Gasteiger partial charge in [-0.2, -0.15) is 5.10 Å². The van der Waals surface area contributed by atoms with Gasteiger partial charge in [0.2, 0.25) is 0 Å². The van der Waals surface area contributed by atoms with Crippen molar-refractivity contribution in [2.45, 2.75) is 19.8 Å². The maximum Gasteiger partial charge on any atom is 0.270 e. The van der Waals surface area contributed by atoms with Crippen LogP contribution in [0.2, 0.25) is 0 Å². The first-order valence-corrected chi connectivity index (χ1v) is 5.99. The van der Waals surface area contributed by atoms with E-state index < -0.39 is 0 Å². The Bertz CT molecular complexity index is 536. The van der Waals surface area contributed by atoms with Crippen molar-refractivity contribution in [3.8, 4) is 0 Å². The van der Waals surface area contributed by atoms with Crippen molar-refractivity contribution in [1.82, 2.24) is 9.78 Å². The number of benzene rings is 1. The zero-order valence-corrected chi connectivity index (χ0v) is 10.6. The zero-order valence-electron chi connectivity index (χ0n) is 10.6. The lowest BCUT2D eigenvalue weighted by molar-refractivity contribution is 0.0955. The number of aromatic nitrogens is 2. The lowest BCUT2D eigenvalue weighted by Crippen LogP contribution is -2.06. The Morgan fingerprint density at radius 3 is 2.56 bits per heavy atom. The first-order chi connectivity index (χ1) is 8.66. The largest absolute Gasteiger partial charge is 0.270 e. The molecule has 0 bridgehead atoms. The molecular formula is C15H16N2O. The summed E-state index contributed by atoms with van der Waals surface area (Å²) >= 11 is 0. The van der Waals surface area contributed by atoms with E-state index in [4.69, 9.17) is 0 Å². The lowest BCUT2D eigenvalue weighted by atomic mass is 10.0. The second-order valence-corrected chi connectivity index (χ2v) is 4.44. The van der Waals surface area contributed by atoms with Gasteiger partial charge in [-0.1, -0.05) is 38.1 Å². The highest BCUT2D eigenvalue weighted by atomic mass is 16.2. The molecule has 1 aromatic heterocycles. The van der Waals surface area contributed by atoms with Crippen LogP contribution in [0.25, 0.3) is 6.08 Å². The molecule has 0 amide bonds. The van der Waals surface area contributed by atoms with Gasteiger partial charge >= 0.3 is 0 Å². The number of nitrogens with zero attached hydrogens (tertiary/aromatic N) is 2. The fourth-order valence-corrected chi connectivity index (χ4v) is 1.64. The maximum atomic E-state index is 11.7. The Morgan fingerprint density at radius 2 is 2.00 bits per heavy atom. The van der Waals surface area contributed by atoms with E-state index in [1.165, 1.54) is 16.3 Å². The zero-order chi connectivity index (χ0) is 13.0. The van der Waals surface area contributed by atoms with E-state index in [1.807, 2.05) is 12.1 Å². The van der Waals surface area contributed by atoms with Gasteiger partial charge in [-0.05, 0) is 29.2 Å². The minimum atomic E-state index is -0.145. The van der Waals surface area contributed by atoms with Crippen molar-refractivity contribution >= 4 is 12.0 Å². The third-order valence-corrected chi connectivity index (χ3v) is 2.75. The molecule has 0 saturated heterocycles. The molecule has 3 nitrogen and oxygen atoms in total. The standard InChI is InChI=1S/C15H16N2O/c1-12(2)14-7-4-13(5-8-14)6-9-15(18)17-11-3-10-16-17/h3-12H,1-2H3. The fraction of sp³-hybridized carbons (Fsp3) is 0.200. The number of carbonyl (C=O) groups excluding carboxylic acids is 1. The highest BCUT2D eigenvalue weighted by molar-refractivity contribution is 5.92. The summed E-state index contributed by atoms with van der Waals surface area (Å²) in [5.41, 5.74) is 2.31. The molecule has 0 unspecified atom stereocenters. The quantitative estimate of drug-likeness (QED) is 0.771. The van der Waals surface area contributed by atoms with E-state index >= 15 is 0 Å². The second-order valence-electron chi connectivity index (χ2n) is 4.44. The Hall–Kier alpha value is -2.16. The van der Waals surface area contributed by atoms with Gasteiger partial charge in [0, 0.05) is 18.5 Å². The van der Waals surface area contributed by atoms with E-state index in [0.717, 1.165) is 5.56 Å². The molecule has 2 rings (SSSR count). The van der Waals surface area contributed by atoms with E-state index in [9.17, 15) is 4.79 Å². The average molecular weight is 240 g/mol. The molecule has 0 aliphatic carbocycles. The molecule has 0 N–H and O–H groups in total. The van der Waals surface area contributed by atoms with Crippen LogP contribution in [-0.4, -0.2) is 15.7 Å². The monoisotopic (exact) mass is 240 g/mol. The van der Waals surface area contributed by atoms with E-state index in [2.05, 4.69) is 31.1 Å². The van der Waals surface area contributed by atoms with Crippen molar-refractivity contribution < 1.29 is 4.79 Å². The van der Waals surface area contributed by atoms with Crippen molar-refractivity contribution in [3.63, 3.8) is 0 Å². The molecule has 2 aromatic rings. The van der Waals surface area contributed by atoms with Crippen LogP contribution < -0.4 is 0 Å². The van der Waals surface area contributed by atoms with Crippen molar-refractivity contribution in [2.75, 3.05) is 0 Å². The van der Waals surface area contributed by atoms with E-state index in [-0.39, 0.29) is 5.91 Å². The average Bonchev–Trinajstić information content (AvgIpc) is 2.90. The minimum absolute atomic E-state index is 0.145. The van der Waals surface area contributed by atoms with Crippen LogP contribution in [0.3, 0.4) is 0 Å². The molecule has 18 heavy (non-hydrogen) atoms. The van der Waals surface area contributed by atoms with Crippen LogP contribution in [-0.2, 0) is 0 Å². The lowest BCUT2D eigenvalue weighted by Gasteiger charge is -2.04. The third-order valence-electron chi connectivity index (χ3n) is 2.75. The summed E-state index contributed by atoms with van der Waals surface area (Å²) < 4.78 is 1.30. The highest BCUT2D eigenvalue weighted by Crippen LogP contribution is 2.15. The second kappa shape index (κ2) is 5.45. The molecule has 1 heterocycles. The summed E-state index contributed by atoms with van der Waals surface area (Å²) in [7, 11) is 0. The highest BCUT2D eigenvalue weighted by Gasteiger charge is 2.00. The van der Waals surface area contributed by atoms with Crippen molar-refractivity contribution in [2.24, 2.45) is 0 Å². The van der Waals surface area contributed by atoms with Crippen LogP contribution >= 0.6 is 0 Å². The van der Waals surface area contributed by atoms with Crippen LogP contribution in [0, 0.1) is 0 Å². The Labute approximate surface area is 107 Å². The molecular weight excluding hydrogens is 224 g/mol. The molecule has 1 aromatic carbocycles. The van der Waals surface area contributed by atoms with Crippen molar-refractivity contribution in [3.05, 3.63) is 59.9 Å². The summed E-state index contributed by atoms with van der Waals surface area (Å²) in [5.74, 6) is 0.377. The van der Waals surface area contributed by atoms with Gasteiger partial charge in [-0.3, -0.25) is 4.79 Å². The van der Waals surface area contributed by atoms with Gasteiger partial charge in [0.05, 0.1) is 0 Å². The first kappa shape index (κ1) is 12.3. The fourth-order valence-electron chi connectivity index (χ4n) is 1.64. The Morgan fingerprint density at radius 1 is 1.28 bits per heavy atom. The molecule has 0 fully saturated rings. The number of rotatable bonds is 3. The first-order valence-electron chi connectivity index (χ1n) is 5.99. The van der Waals surface area contributed by atoms with E-state index in [1.54, 1.807) is 24.5 Å². The molecule has 92 valence electrons. The molecule has 0 aliphatic heterocycles. The summed E-state index contributed by atoms with van der Waals surface area (Å²) in [6.45, 7) is 4.32. The maximum absolute atomic E-state index is 11.7. The molecule has 0 saturated carbocycles. The van der Waals surface area contributed by atoms with Gasteiger partial charge in [0.15, 0.2) is 0 Å². The topological polar surface area (TPSA) is 34.9 Å². The third kappa shape index (κ3) is 2.94. The van der Waals surface area contributed by atoms with Gasteiger partial charge in [0.25, 0.3) is 5.91 Å². The van der Waals surface area contributed by atoms with Crippen molar-refractivity contribution in [1.29, 1.82) is 0 Å². The number of carbonyl (C=O) groups is 1. The SMILES string of the molecule is CC(C)c1ccc(C=CC(=O)n2cccn2)cc1. The molecule has 3 heteroatoms. The molecule has 0 radical (unpaired) electrons. The van der Waals surface area contributed by atoms with E-state index in [0.29, 0.717) is 5.92 Å². The summed E-state index contributed by atoms with van der Waals surface area (Å²) in [6, 6.07) is 9.93. The molecule has 0 atom stereocenters. The van der Waals surface area contributed by atoms with Crippen LogP contribution in [0.4, 0.5) is 0 Å². The smallest absolute Gasteiger partial charge is 0.267 e. The van der Waals surface area contributed by atoms with Crippen LogP contribution in [0.15, 0.2) is 48.8 Å². The Kier molecular flexibility index (Phi) is 3.72. The Balaban J connectivity index is 2.07. The predicted octanol–water partition coefficient (Wildman–Crippen LogP) is 3.36. The number of hydrogen-bond donors (Lipinski definition) is 0. The van der Waals surface area contributed by atoms with Gasteiger partial charge in [0.1, 0.15) is 0 Å². The number of allylic oxidation sites excluding steroid dienone is 1. The van der Waals surface area contributed by atoms with Gasteiger partial charge in [-0.25, -0.2) is 4.68 Å². The summed E-state index contributed by atoms with van der Waals surface area (Å²) in [4.78, 5) is 11.7. The van der Waals surface area contributed by atoms with Gasteiger partial charge in [-0.15, -0.1) is 0 Å². The van der Waals surface area contributed by atoms with Gasteiger partial charge < -0.3 is 0 Å². The van der Waals surface area contributed by atoms with Crippen LogP contribution in [0.5, 0.6) is 0 Å². The molecule has 0 spiro atoms. The molecule has 0 aliphatic rings. The predicted molar refractivity (Wildman–Crippen MR) is 72.4 cm³/mol.